The van der Waals surface area contributed by atoms with Crippen molar-refractivity contribution >= 4 is 11.9 Å². The van der Waals surface area contributed by atoms with Gasteiger partial charge in [0.2, 0.25) is 5.91 Å². The molecule has 6 heteroatoms. The molecule has 0 bridgehead atoms. The Labute approximate surface area is 160 Å². The van der Waals surface area contributed by atoms with Crippen molar-refractivity contribution in [3.63, 3.8) is 0 Å². The van der Waals surface area contributed by atoms with Crippen molar-refractivity contribution in [1.82, 2.24) is 9.80 Å². The molecule has 1 amide bonds. The molecule has 1 N–H and O–H groups in total. The topological polar surface area (TPSA) is 70.1 Å². The van der Waals surface area contributed by atoms with E-state index in [-0.39, 0.29) is 12.0 Å². The number of piperidine rings is 2. The molecule has 27 heavy (non-hydrogen) atoms. The van der Waals surface area contributed by atoms with E-state index >= 15 is 0 Å². The molecular formula is C21H28N2O4. The standard InChI is InChI=1S/C21H28N2O4/c24-19-8-10-21(15-23(19)17-4-5-17)9-1-11-22(14-21)12-16-2-6-18(7-3-16)27-13-20(25)26/h2-3,6-7,17H,1,4-5,8-15H2,(H,25,26)/t21-/m0/s1. The van der Waals surface area contributed by atoms with Crippen LogP contribution in [0.25, 0.3) is 0 Å². The predicted octanol–water partition coefficient (Wildman–Crippen LogP) is 2.52. The summed E-state index contributed by atoms with van der Waals surface area (Å²) >= 11 is 0. The molecule has 2 saturated heterocycles. The fourth-order valence-electron chi connectivity index (χ4n) is 4.64. The predicted molar refractivity (Wildman–Crippen MR) is 100 cm³/mol. The molecule has 0 unspecified atom stereocenters. The van der Waals surface area contributed by atoms with Crippen LogP contribution in [0, 0.1) is 5.41 Å². The van der Waals surface area contributed by atoms with Crippen LogP contribution in [-0.2, 0) is 16.1 Å². The third kappa shape index (κ3) is 4.43. The first-order valence-corrected chi connectivity index (χ1v) is 9.98. The van der Waals surface area contributed by atoms with E-state index in [4.69, 9.17) is 9.84 Å². The van der Waals surface area contributed by atoms with Gasteiger partial charge < -0.3 is 14.7 Å². The lowest BCUT2D eigenvalue weighted by molar-refractivity contribution is -0.140. The van der Waals surface area contributed by atoms with Crippen LogP contribution in [0.1, 0.15) is 44.1 Å². The normalized spacial score (nSPS) is 26.4. The number of likely N-dealkylation sites (tertiary alicyclic amines) is 2. The second kappa shape index (κ2) is 7.50. The lowest BCUT2D eigenvalue weighted by atomic mass is 9.73. The van der Waals surface area contributed by atoms with Gasteiger partial charge in [-0.3, -0.25) is 9.69 Å². The minimum Gasteiger partial charge on any atom is -0.482 e. The summed E-state index contributed by atoms with van der Waals surface area (Å²) in [5, 5.41) is 8.68. The van der Waals surface area contributed by atoms with Crippen LogP contribution in [0.2, 0.25) is 0 Å². The van der Waals surface area contributed by atoms with Crippen molar-refractivity contribution in [2.24, 2.45) is 5.41 Å². The number of amides is 1. The molecule has 3 fully saturated rings. The average molecular weight is 372 g/mol. The number of ether oxygens (including phenoxy) is 1. The average Bonchev–Trinajstić information content (AvgIpc) is 3.49. The lowest BCUT2D eigenvalue weighted by Crippen LogP contribution is -2.54. The Bertz CT molecular complexity index is 701. The highest BCUT2D eigenvalue weighted by atomic mass is 16.5. The maximum absolute atomic E-state index is 12.3. The summed E-state index contributed by atoms with van der Waals surface area (Å²) in [7, 11) is 0. The van der Waals surface area contributed by atoms with Crippen LogP contribution in [0.4, 0.5) is 0 Å². The zero-order chi connectivity index (χ0) is 18.9. The zero-order valence-corrected chi connectivity index (χ0v) is 15.7. The fraction of sp³-hybridized carbons (Fsp3) is 0.619. The van der Waals surface area contributed by atoms with E-state index in [0.717, 1.165) is 32.6 Å². The first-order valence-electron chi connectivity index (χ1n) is 9.98. The molecule has 1 aromatic carbocycles. The molecule has 2 heterocycles. The smallest absolute Gasteiger partial charge is 0.341 e. The summed E-state index contributed by atoms with van der Waals surface area (Å²) in [5.41, 5.74) is 1.47. The number of hydrogen-bond acceptors (Lipinski definition) is 4. The highest BCUT2D eigenvalue weighted by Crippen LogP contribution is 2.42. The molecular weight excluding hydrogens is 344 g/mol. The van der Waals surface area contributed by atoms with Crippen molar-refractivity contribution in [3.05, 3.63) is 29.8 Å². The van der Waals surface area contributed by atoms with Crippen molar-refractivity contribution in [2.75, 3.05) is 26.2 Å². The van der Waals surface area contributed by atoms with Crippen molar-refractivity contribution in [1.29, 1.82) is 0 Å². The lowest BCUT2D eigenvalue weighted by Gasteiger charge is -2.48. The molecule has 0 radical (unpaired) electrons. The van der Waals surface area contributed by atoms with E-state index in [1.165, 1.54) is 31.2 Å². The van der Waals surface area contributed by atoms with E-state index in [1.54, 1.807) is 0 Å². The van der Waals surface area contributed by atoms with Crippen molar-refractivity contribution in [2.45, 2.75) is 51.1 Å². The van der Waals surface area contributed by atoms with E-state index in [1.807, 2.05) is 24.3 Å². The van der Waals surface area contributed by atoms with Crippen LogP contribution in [0.5, 0.6) is 5.75 Å². The molecule has 1 atom stereocenters. The van der Waals surface area contributed by atoms with E-state index in [0.29, 0.717) is 24.1 Å². The third-order valence-corrected chi connectivity index (χ3v) is 6.12. The quantitative estimate of drug-likeness (QED) is 0.831. The van der Waals surface area contributed by atoms with Crippen molar-refractivity contribution < 1.29 is 19.4 Å². The zero-order valence-electron chi connectivity index (χ0n) is 15.7. The van der Waals surface area contributed by atoms with Gasteiger partial charge in [0.25, 0.3) is 0 Å². The van der Waals surface area contributed by atoms with Crippen LogP contribution in [-0.4, -0.2) is 59.1 Å². The highest BCUT2D eigenvalue weighted by molar-refractivity contribution is 5.78. The molecule has 2 aliphatic heterocycles. The van der Waals surface area contributed by atoms with Crippen LogP contribution in [0.15, 0.2) is 24.3 Å². The Morgan fingerprint density at radius 2 is 1.96 bits per heavy atom. The van der Waals surface area contributed by atoms with E-state index in [2.05, 4.69) is 9.80 Å². The maximum Gasteiger partial charge on any atom is 0.341 e. The number of hydrogen-bond donors (Lipinski definition) is 1. The molecule has 146 valence electrons. The van der Waals surface area contributed by atoms with Crippen LogP contribution >= 0.6 is 0 Å². The first kappa shape index (κ1) is 18.3. The van der Waals surface area contributed by atoms with E-state index < -0.39 is 5.97 Å². The molecule has 4 rings (SSSR count). The Balaban J connectivity index is 1.35. The minimum atomic E-state index is -0.969. The summed E-state index contributed by atoms with van der Waals surface area (Å²) in [6, 6.07) is 8.22. The van der Waals surface area contributed by atoms with Gasteiger partial charge in [-0.05, 0) is 56.3 Å². The molecule has 0 aromatic heterocycles. The third-order valence-electron chi connectivity index (χ3n) is 6.12. The number of aliphatic carboxylic acids is 1. The fourth-order valence-corrected chi connectivity index (χ4v) is 4.64. The number of rotatable bonds is 6. The van der Waals surface area contributed by atoms with Gasteiger partial charge in [0.15, 0.2) is 6.61 Å². The summed E-state index contributed by atoms with van der Waals surface area (Å²) < 4.78 is 5.20. The largest absolute Gasteiger partial charge is 0.482 e. The Hall–Kier alpha value is -2.08. The number of benzene rings is 1. The Morgan fingerprint density at radius 1 is 1.19 bits per heavy atom. The van der Waals surface area contributed by atoms with Gasteiger partial charge >= 0.3 is 5.97 Å². The molecule has 1 spiro atoms. The number of nitrogens with zero attached hydrogens (tertiary/aromatic N) is 2. The van der Waals surface area contributed by atoms with Gasteiger partial charge in [-0.2, -0.15) is 0 Å². The Morgan fingerprint density at radius 3 is 2.67 bits per heavy atom. The molecule has 6 nitrogen and oxygen atoms in total. The number of carbonyl (C=O) groups is 2. The highest BCUT2D eigenvalue weighted by Gasteiger charge is 2.45. The molecule has 3 aliphatic rings. The van der Waals surface area contributed by atoms with Gasteiger partial charge in [0.05, 0.1) is 0 Å². The first-order chi connectivity index (χ1) is 13.0. The second-order valence-electron chi connectivity index (χ2n) is 8.39. The molecule has 1 saturated carbocycles. The number of carboxylic acid groups (broad SMARTS) is 1. The number of carboxylic acids is 1. The molecule has 1 aliphatic carbocycles. The number of carbonyl (C=O) groups excluding carboxylic acids is 1. The van der Waals surface area contributed by atoms with Gasteiger partial charge in [-0.25, -0.2) is 4.79 Å². The van der Waals surface area contributed by atoms with Gasteiger partial charge in [-0.1, -0.05) is 12.1 Å². The summed E-state index contributed by atoms with van der Waals surface area (Å²) in [6.45, 7) is 3.66. The van der Waals surface area contributed by atoms with Gasteiger partial charge in [0.1, 0.15) is 5.75 Å². The molecule has 1 aromatic rings. The second-order valence-corrected chi connectivity index (χ2v) is 8.39. The summed E-state index contributed by atoms with van der Waals surface area (Å²) in [4.78, 5) is 27.5. The van der Waals surface area contributed by atoms with Gasteiger partial charge in [0, 0.05) is 37.5 Å². The minimum absolute atomic E-state index is 0.263. The van der Waals surface area contributed by atoms with E-state index in [9.17, 15) is 9.59 Å². The van der Waals surface area contributed by atoms with Crippen LogP contribution in [0.3, 0.4) is 0 Å². The Kier molecular flexibility index (Phi) is 5.08. The summed E-state index contributed by atoms with van der Waals surface area (Å²) in [5.74, 6) is -0.0248. The summed E-state index contributed by atoms with van der Waals surface area (Å²) in [6.07, 6.45) is 6.51. The maximum atomic E-state index is 12.3. The monoisotopic (exact) mass is 372 g/mol. The van der Waals surface area contributed by atoms with Crippen molar-refractivity contribution in [3.8, 4) is 5.75 Å². The van der Waals surface area contributed by atoms with Gasteiger partial charge in [-0.15, -0.1) is 0 Å². The SMILES string of the molecule is O=C(O)COc1ccc(CN2CCC[C@]3(CCC(=O)N(C4CC4)C3)C2)cc1. The van der Waals surface area contributed by atoms with Crippen LogP contribution < -0.4 is 4.74 Å².